The second-order valence-electron chi connectivity index (χ2n) is 3.13. The summed E-state index contributed by atoms with van der Waals surface area (Å²) in [6.07, 6.45) is 0. The minimum atomic E-state index is -0.0348. The molecule has 4 heteroatoms. The summed E-state index contributed by atoms with van der Waals surface area (Å²) in [5, 5.41) is 1.99. The highest BCUT2D eigenvalue weighted by Gasteiger charge is 2.17. The van der Waals surface area contributed by atoms with Crippen LogP contribution in [0.5, 0.6) is 0 Å². The number of benzene rings is 1. The molecule has 1 atom stereocenters. The van der Waals surface area contributed by atoms with Gasteiger partial charge in [-0.25, -0.2) is 5.01 Å². The molecule has 0 saturated carbocycles. The lowest BCUT2D eigenvalue weighted by molar-refractivity contribution is 0.311. The number of rotatable bonds is 1. The molecule has 13 heavy (non-hydrogen) atoms. The summed E-state index contributed by atoms with van der Waals surface area (Å²) in [5.41, 5.74) is 4.27. The molecule has 2 rings (SSSR count). The van der Waals surface area contributed by atoms with E-state index in [0.29, 0.717) is 0 Å². The first-order valence-electron chi connectivity index (χ1n) is 4.22. The van der Waals surface area contributed by atoms with Crippen molar-refractivity contribution in [3.8, 4) is 0 Å². The molecule has 0 radical (unpaired) electrons. The fourth-order valence-electron chi connectivity index (χ4n) is 1.44. The van der Waals surface area contributed by atoms with Crippen LogP contribution in [0, 0.1) is 0 Å². The molecule has 1 aromatic rings. The van der Waals surface area contributed by atoms with Crippen molar-refractivity contribution in [2.75, 3.05) is 18.6 Å². The van der Waals surface area contributed by atoms with E-state index in [2.05, 4.69) is 22.5 Å². The summed E-state index contributed by atoms with van der Waals surface area (Å²) >= 11 is 5.26. The topological polar surface area (TPSA) is 18.5 Å². The van der Waals surface area contributed by atoms with Crippen LogP contribution < -0.4 is 10.3 Å². The van der Waals surface area contributed by atoms with Crippen molar-refractivity contribution in [1.29, 1.82) is 0 Å². The van der Waals surface area contributed by atoms with Crippen molar-refractivity contribution in [1.82, 2.24) is 10.4 Å². The van der Waals surface area contributed by atoms with E-state index in [1.165, 1.54) is 5.69 Å². The van der Waals surface area contributed by atoms with Crippen molar-refractivity contribution in [3.05, 3.63) is 30.3 Å². The molecule has 3 nitrogen and oxygen atoms in total. The highest BCUT2D eigenvalue weighted by molar-refractivity contribution is 7.59. The maximum absolute atomic E-state index is 5.26. The quantitative estimate of drug-likeness (QED) is 0.664. The normalized spacial score (nSPS) is 23.8. The molecule has 1 aromatic carbocycles. The molecule has 1 aliphatic rings. The largest absolute Gasteiger partial charge is 0.751 e. The molecule has 1 saturated heterocycles. The highest BCUT2D eigenvalue weighted by Crippen LogP contribution is 2.17. The fraction of sp³-hybridized carbons (Fsp3) is 0.333. The number of anilines is 1. The lowest BCUT2D eigenvalue weighted by Gasteiger charge is -2.29. The fourth-order valence-corrected chi connectivity index (χ4v) is 1.81. The van der Waals surface area contributed by atoms with E-state index in [1.54, 1.807) is 0 Å². The molecule has 1 heterocycles. The van der Waals surface area contributed by atoms with Crippen LogP contribution >= 0.6 is 0 Å². The zero-order valence-electron chi connectivity index (χ0n) is 7.47. The molecular formula is C9H12N3S-. The van der Waals surface area contributed by atoms with Crippen LogP contribution in [0.15, 0.2) is 30.3 Å². The molecule has 0 spiro atoms. The summed E-state index contributed by atoms with van der Waals surface area (Å²) in [4.78, 5) is 2.13. The van der Waals surface area contributed by atoms with Gasteiger partial charge in [0.25, 0.3) is 0 Å². The Morgan fingerprint density at radius 3 is 2.62 bits per heavy atom. The van der Waals surface area contributed by atoms with Crippen LogP contribution in [-0.4, -0.2) is 24.2 Å². The number of hydrazine groups is 1. The Hall–Kier alpha value is -0.710. The highest BCUT2D eigenvalue weighted by atomic mass is 32.1. The van der Waals surface area contributed by atoms with Crippen LogP contribution in [0.4, 0.5) is 5.69 Å². The van der Waals surface area contributed by atoms with Gasteiger partial charge in [0.2, 0.25) is 0 Å². The van der Waals surface area contributed by atoms with Gasteiger partial charge in [-0.3, -0.25) is 5.43 Å². The summed E-state index contributed by atoms with van der Waals surface area (Å²) in [6, 6.07) is 10.2. The van der Waals surface area contributed by atoms with Crippen molar-refractivity contribution < 1.29 is 0 Å². The van der Waals surface area contributed by atoms with Crippen LogP contribution in [0.3, 0.4) is 0 Å². The molecule has 0 aromatic heterocycles. The molecule has 0 amide bonds. The van der Waals surface area contributed by atoms with E-state index >= 15 is 0 Å². The minimum Gasteiger partial charge on any atom is -0.751 e. The third-order valence-electron chi connectivity index (χ3n) is 2.07. The van der Waals surface area contributed by atoms with Crippen LogP contribution in [-0.2, 0) is 12.6 Å². The number of nitrogens with one attached hydrogen (secondary N) is 1. The van der Waals surface area contributed by atoms with E-state index < -0.39 is 0 Å². The summed E-state index contributed by atoms with van der Waals surface area (Å²) in [6.45, 7) is 0.832. The summed E-state index contributed by atoms with van der Waals surface area (Å²) in [5.74, 6) is 0. The predicted molar refractivity (Wildman–Crippen MR) is 55.8 cm³/mol. The van der Waals surface area contributed by atoms with Gasteiger partial charge in [0.15, 0.2) is 0 Å². The standard InChI is InChI=1S/C9H13N3S/c1-11-7-12(9(13)10-11)8-5-3-2-4-6-8/h2-6,9-10,13H,7H2,1H3/p-1. The van der Waals surface area contributed by atoms with Crippen LogP contribution in [0.25, 0.3) is 0 Å². The maximum Gasteiger partial charge on any atom is 0.0831 e. The Labute approximate surface area is 83.7 Å². The Balaban J connectivity index is 2.18. The van der Waals surface area contributed by atoms with Gasteiger partial charge in [0, 0.05) is 12.7 Å². The van der Waals surface area contributed by atoms with Gasteiger partial charge in [-0.15, -0.1) is 0 Å². The number of hydrogen-bond acceptors (Lipinski definition) is 4. The Morgan fingerprint density at radius 2 is 2.08 bits per heavy atom. The first kappa shape index (κ1) is 8.87. The molecule has 1 fully saturated rings. The predicted octanol–water partition coefficient (Wildman–Crippen LogP) is 0.731. The van der Waals surface area contributed by atoms with Gasteiger partial charge < -0.3 is 17.5 Å². The van der Waals surface area contributed by atoms with Crippen molar-refractivity contribution in [3.63, 3.8) is 0 Å². The Bertz CT molecular complexity index is 277. The zero-order valence-corrected chi connectivity index (χ0v) is 8.29. The SMILES string of the molecule is CN1CN(c2ccccc2)C([S-])N1. The zero-order chi connectivity index (χ0) is 9.26. The van der Waals surface area contributed by atoms with E-state index in [0.717, 1.165) is 6.67 Å². The van der Waals surface area contributed by atoms with Gasteiger partial charge >= 0.3 is 0 Å². The lowest BCUT2D eigenvalue weighted by Crippen LogP contribution is -2.34. The van der Waals surface area contributed by atoms with E-state index in [1.807, 2.05) is 30.3 Å². The van der Waals surface area contributed by atoms with Gasteiger partial charge in [-0.1, -0.05) is 18.2 Å². The molecular weight excluding hydrogens is 182 g/mol. The maximum atomic E-state index is 5.26. The summed E-state index contributed by atoms with van der Waals surface area (Å²) < 4.78 is 0. The van der Waals surface area contributed by atoms with E-state index in [4.69, 9.17) is 12.6 Å². The number of para-hydroxylation sites is 1. The Kier molecular flexibility index (Phi) is 2.44. The average Bonchev–Trinajstić information content (AvgIpc) is 2.47. The lowest BCUT2D eigenvalue weighted by atomic mass is 10.3. The number of nitrogens with zero attached hydrogens (tertiary/aromatic N) is 2. The monoisotopic (exact) mass is 194 g/mol. The molecule has 70 valence electrons. The third kappa shape index (κ3) is 1.80. The van der Waals surface area contributed by atoms with Gasteiger partial charge in [-0.05, 0) is 17.6 Å². The first-order valence-corrected chi connectivity index (χ1v) is 4.69. The summed E-state index contributed by atoms with van der Waals surface area (Å²) in [7, 11) is 1.99. The second-order valence-corrected chi connectivity index (χ2v) is 3.57. The second kappa shape index (κ2) is 3.57. The average molecular weight is 194 g/mol. The molecule has 0 bridgehead atoms. The van der Waals surface area contributed by atoms with Crippen LogP contribution in [0.2, 0.25) is 0 Å². The third-order valence-corrected chi connectivity index (χ3v) is 2.43. The minimum absolute atomic E-state index is 0.0348. The molecule has 1 N–H and O–H groups in total. The smallest absolute Gasteiger partial charge is 0.0831 e. The van der Waals surface area contributed by atoms with Gasteiger partial charge in [-0.2, -0.15) is 0 Å². The Morgan fingerprint density at radius 1 is 1.38 bits per heavy atom. The van der Waals surface area contributed by atoms with E-state index in [-0.39, 0.29) is 5.50 Å². The van der Waals surface area contributed by atoms with Crippen molar-refractivity contribution >= 4 is 18.3 Å². The molecule has 1 aliphatic heterocycles. The van der Waals surface area contributed by atoms with Gasteiger partial charge in [0.05, 0.1) is 6.67 Å². The van der Waals surface area contributed by atoms with Crippen LogP contribution in [0.1, 0.15) is 0 Å². The number of hydrogen-bond donors (Lipinski definition) is 1. The van der Waals surface area contributed by atoms with Gasteiger partial charge in [0.1, 0.15) is 0 Å². The van der Waals surface area contributed by atoms with Crippen molar-refractivity contribution in [2.45, 2.75) is 5.50 Å². The first-order chi connectivity index (χ1) is 6.27. The molecule has 0 aliphatic carbocycles. The molecule has 1 unspecified atom stereocenters. The van der Waals surface area contributed by atoms with E-state index in [9.17, 15) is 0 Å². The van der Waals surface area contributed by atoms with Crippen molar-refractivity contribution in [2.24, 2.45) is 0 Å².